The molecular weight excluding hydrogens is 392 g/mol. The zero-order valence-electron chi connectivity index (χ0n) is 12.9. The second-order valence-corrected chi connectivity index (χ2v) is 7.70. The quantitative estimate of drug-likeness (QED) is 0.411. The number of hydrogen-bond donors (Lipinski definition) is 1. The summed E-state index contributed by atoms with van der Waals surface area (Å²) in [5, 5.41) is 10.6. The van der Waals surface area contributed by atoms with Crippen molar-refractivity contribution in [2.45, 2.75) is 64.7 Å². The number of hydrogen-bond acceptors (Lipinski definition) is 1. The topological polar surface area (TPSA) is 20.2 Å². The van der Waals surface area contributed by atoms with Gasteiger partial charge in [0.25, 0.3) is 0 Å². The highest BCUT2D eigenvalue weighted by Gasteiger charge is 2.21. The molecule has 1 aliphatic carbocycles. The van der Waals surface area contributed by atoms with Crippen LogP contribution in [0.4, 0.5) is 0 Å². The molecule has 0 unspecified atom stereocenters. The Balaban J connectivity index is 2.31. The van der Waals surface area contributed by atoms with E-state index in [1.165, 1.54) is 36.8 Å². The highest BCUT2D eigenvalue weighted by atomic mass is 79.9. The Morgan fingerprint density at radius 2 is 2.05 bits per heavy atom. The van der Waals surface area contributed by atoms with Crippen LogP contribution in [0.3, 0.4) is 0 Å². The third kappa shape index (κ3) is 4.13. The van der Waals surface area contributed by atoms with Gasteiger partial charge in [0.2, 0.25) is 0 Å². The molecule has 1 aromatic carbocycles. The van der Waals surface area contributed by atoms with E-state index in [2.05, 4.69) is 57.8 Å². The predicted molar refractivity (Wildman–Crippen MR) is 97.1 cm³/mol. The van der Waals surface area contributed by atoms with Crippen LogP contribution in [0.5, 0.6) is 5.75 Å². The molecule has 1 N–H and O–H groups in total. The number of aromatic hydroxyl groups is 1. The minimum Gasteiger partial charge on any atom is -0.506 e. The van der Waals surface area contributed by atoms with Crippen molar-refractivity contribution < 1.29 is 5.11 Å². The highest BCUT2D eigenvalue weighted by Crippen LogP contribution is 2.43. The van der Waals surface area contributed by atoms with E-state index in [0.29, 0.717) is 11.7 Å². The summed E-state index contributed by atoms with van der Waals surface area (Å²) in [4.78, 5) is 0. The predicted octanol–water partition coefficient (Wildman–Crippen LogP) is 6.86. The molecule has 0 aromatic heterocycles. The van der Waals surface area contributed by atoms with E-state index in [9.17, 15) is 5.11 Å². The van der Waals surface area contributed by atoms with Crippen molar-refractivity contribution >= 4 is 31.9 Å². The largest absolute Gasteiger partial charge is 0.506 e. The lowest BCUT2D eigenvalue weighted by Crippen LogP contribution is -2.04. The van der Waals surface area contributed by atoms with Crippen molar-refractivity contribution in [1.29, 1.82) is 0 Å². The number of rotatable bonds is 5. The maximum Gasteiger partial charge on any atom is 0.133 e. The van der Waals surface area contributed by atoms with Gasteiger partial charge in [-0.25, -0.2) is 0 Å². The molecule has 3 heteroatoms. The van der Waals surface area contributed by atoms with Gasteiger partial charge in [-0.05, 0) is 66.6 Å². The maximum atomic E-state index is 10.6. The Bertz CT molecular complexity index is 535. The SMILES string of the molecule is CCCCCc1c(Br)cc([C@@H]2C=C(C)CCC2)c(O)c1Br. The van der Waals surface area contributed by atoms with E-state index < -0.39 is 0 Å². The van der Waals surface area contributed by atoms with Crippen molar-refractivity contribution in [3.05, 3.63) is 37.8 Å². The van der Waals surface area contributed by atoms with Crippen LogP contribution in [0.1, 0.15) is 69.4 Å². The molecule has 0 amide bonds. The summed E-state index contributed by atoms with van der Waals surface area (Å²) in [6.45, 7) is 4.40. The molecule has 0 saturated heterocycles. The van der Waals surface area contributed by atoms with Crippen LogP contribution in [-0.4, -0.2) is 5.11 Å². The van der Waals surface area contributed by atoms with Crippen LogP contribution >= 0.6 is 31.9 Å². The molecule has 0 spiro atoms. The second kappa shape index (κ2) is 7.82. The van der Waals surface area contributed by atoms with Gasteiger partial charge in [0, 0.05) is 16.0 Å². The number of allylic oxidation sites excluding steroid dienone is 2. The van der Waals surface area contributed by atoms with Crippen molar-refractivity contribution in [2.75, 3.05) is 0 Å². The van der Waals surface area contributed by atoms with Crippen molar-refractivity contribution in [3.8, 4) is 5.75 Å². The molecule has 0 bridgehead atoms. The maximum absolute atomic E-state index is 10.6. The molecule has 1 nitrogen and oxygen atoms in total. The first-order chi connectivity index (χ1) is 10.0. The Morgan fingerprint density at radius 1 is 1.29 bits per heavy atom. The first-order valence-electron chi connectivity index (χ1n) is 7.91. The Kier molecular flexibility index (Phi) is 6.36. The van der Waals surface area contributed by atoms with Crippen LogP contribution in [0, 0.1) is 0 Å². The molecule has 0 fully saturated rings. The molecule has 1 aromatic rings. The normalized spacial score (nSPS) is 18.7. The molecule has 0 radical (unpaired) electrons. The second-order valence-electron chi connectivity index (χ2n) is 6.06. The number of halogens is 2. The summed E-state index contributed by atoms with van der Waals surface area (Å²) in [5.74, 6) is 0.775. The first kappa shape index (κ1) is 17.1. The molecule has 0 saturated carbocycles. The van der Waals surface area contributed by atoms with E-state index >= 15 is 0 Å². The molecular formula is C18H24Br2O. The van der Waals surface area contributed by atoms with Gasteiger partial charge >= 0.3 is 0 Å². The smallest absolute Gasteiger partial charge is 0.133 e. The van der Waals surface area contributed by atoms with Crippen LogP contribution in [0.15, 0.2) is 26.7 Å². The summed E-state index contributed by atoms with van der Waals surface area (Å²) >= 11 is 7.32. The molecule has 0 heterocycles. The van der Waals surface area contributed by atoms with E-state index in [1.807, 2.05) is 0 Å². The Labute approximate surface area is 145 Å². The summed E-state index contributed by atoms with van der Waals surface area (Å²) < 4.78 is 1.99. The number of phenolic OH excluding ortho intramolecular Hbond substituents is 1. The van der Waals surface area contributed by atoms with E-state index in [0.717, 1.165) is 33.8 Å². The monoisotopic (exact) mass is 414 g/mol. The molecule has 1 aliphatic rings. The van der Waals surface area contributed by atoms with Crippen LogP contribution in [0.2, 0.25) is 0 Å². The van der Waals surface area contributed by atoms with Gasteiger partial charge in [0.05, 0.1) is 4.47 Å². The fourth-order valence-corrected chi connectivity index (χ4v) is 4.64. The Morgan fingerprint density at radius 3 is 2.71 bits per heavy atom. The minimum absolute atomic E-state index is 0.344. The minimum atomic E-state index is 0.344. The van der Waals surface area contributed by atoms with Crippen molar-refractivity contribution in [3.63, 3.8) is 0 Å². The third-order valence-electron chi connectivity index (χ3n) is 4.32. The van der Waals surface area contributed by atoms with Crippen molar-refractivity contribution in [2.24, 2.45) is 0 Å². The van der Waals surface area contributed by atoms with Crippen LogP contribution in [-0.2, 0) is 6.42 Å². The molecule has 116 valence electrons. The van der Waals surface area contributed by atoms with Crippen LogP contribution < -0.4 is 0 Å². The van der Waals surface area contributed by atoms with Gasteiger partial charge in [-0.1, -0.05) is 47.3 Å². The van der Waals surface area contributed by atoms with Gasteiger partial charge in [-0.15, -0.1) is 0 Å². The lowest BCUT2D eigenvalue weighted by molar-refractivity contribution is 0.456. The zero-order chi connectivity index (χ0) is 15.4. The fourth-order valence-electron chi connectivity index (χ4n) is 3.09. The van der Waals surface area contributed by atoms with Gasteiger partial charge in [0.15, 0.2) is 0 Å². The van der Waals surface area contributed by atoms with E-state index in [-0.39, 0.29) is 0 Å². The molecule has 2 rings (SSSR count). The summed E-state index contributed by atoms with van der Waals surface area (Å²) in [5.41, 5.74) is 3.68. The highest BCUT2D eigenvalue weighted by molar-refractivity contribution is 9.11. The van der Waals surface area contributed by atoms with Gasteiger partial charge in [-0.2, -0.15) is 0 Å². The fraction of sp³-hybridized carbons (Fsp3) is 0.556. The van der Waals surface area contributed by atoms with E-state index in [4.69, 9.17) is 0 Å². The standard InChI is InChI=1S/C18H24Br2O/c1-3-4-5-9-14-16(19)11-15(18(21)17(14)20)13-8-6-7-12(2)10-13/h10-11,13,21H,3-9H2,1-2H3/t13-/m0/s1. The summed E-state index contributed by atoms with van der Waals surface area (Å²) in [6.07, 6.45) is 10.4. The number of unbranched alkanes of at least 4 members (excludes halogenated alkanes) is 2. The zero-order valence-corrected chi connectivity index (χ0v) is 16.1. The first-order valence-corrected chi connectivity index (χ1v) is 9.50. The number of phenols is 1. The summed E-state index contributed by atoms with van der Waals surface area (Å²) in [7, 11) is 0. The average molecular weight is 416 g/mol. The summed E-state index contributed by atoms with van der Waals surface area (Å²) in [6, 6.07) is 2.13. The lowest BCUT2D eigenvalue weighted by Gasteiger charge is -2.22. The Hall–Kier alpha value is -0.280. The molecule has 1 atom stereocenters. The number of benzene rings is 1. The van der Waals surface area contributed by atoms with Gasteiger partial charge in [0.1, 0.15) is 5.75 Å². The lowest BCUT2D eigenvalue weighted by atomic mass is 9.85. The molecule has 0 aliphatic heterocycles. The third-order valence-corrected chi connectivity index (χ3v) is 5.88. The van der Waals surface area contributed by atoms with Crippen molar-refractivity contribution in [1.82, 2.24) is 0 Å². The molecule has 21 heavy (non-hydrogen) atoms. The van der Waals surface area contributed by atoms with Gasteiger partial charge in [-0.3, -0.25) is 0 Å². The average Bonchev–Trinajstić information content (AvgIpc) is 2.46. The van der Waals surface area contributed by atoms with Gasteiger partial charge < -0.3 is 5.11 Å². The van der Waals surface area contributed by atoms with E-state index in [1.54, 1.807) is 0 Å². The van der Waals surface area contributed by atoms with Crippen LogP contribution in [0.25, 0.3) is 0 Å².